The molecule has 1 aromatic carbocycles. The van der Waals surface area contributed by atoms with E-state index < -0.39 is 0 Å². The molecule has 1 aliphatic rings. The maximum Gasteiger partial charge on any atom is 0.327 e. The molecule has 3 heteroatoms. The molecule has 0 spiro atoms. The zero-order chi connectivity index (χ0) is 14.0. The molecule has 1 aromatic rings. The third kappa shape index (κ3) is 3.57. The molecule has 1 N–H and O–H groups in total. The number of hydrogen-bond acceptors (Lipinski definition) is 3. The standard InChI is InChI=1S/C16H23NO2/c1-16(2,3)12-7-5-11(6-8-12)14(15(18)19-4)17-13-9-10-13/h5-8,13-14,17H,9-10H2,1-4H3. The Balaban J connectivity index is 2.18. The number of nitrogens with one attached hydrogen (secondary N) is 1. The van der Waals surface area contributed by atoms with Crippen LogP contribution in [0.5, 0.6) is 0 Å². The summed E-state index contributed by atoms with van der Waals surface area (Å²) in [7, 11) is 1.44. The lowest BCUT2D eigenvalue weighted by molar-refractivity contribution is -0.143. The number of esters is 1. The van der Waals surface area contributed by atoms with Crippen LogP contribution in [-0.4, -0.2) is 19.1 Å². The molecular weight excluding hydrogens is 238 g/mol. The van der Waals surface area contributed by atoms with Crippen molar-refractivity contribution in [3.63, 3.8) is 0 Å². The van der Waals surface area contributed by atoms with Gasteiger partial charge in [0.05, 0.1) is 7.11 Å². The SMILES string of the molecule is COC(=O)C(NC1CC1)c1ccc(C(C)(C)C)cc1. The fraction of sp³-hybridized carbons (Fsp3) is 0.562. The molecule has 0 aliphatic heterocycles. The molecule has 0 saturated heterocycles. The lowest BCUT2D eigenvalue weighted by atomic mass is 9.86. The highest BCUT2D eigenvalue weighted by molar-refractivity contribution is 5.77. The van der Waals surface area contributed by atoms with E-state index in [0.29, 0.717) is 6.04 Å². The maximum absolute atomic E-state index is 11.9. The lowest BCUT2D eigenvalue weighted by Crippen LogP contribution is -2.31. The normalized spacial score (nSPS) is 17.1. The van der Waals surface area contributed by atoms with Gasteiger partial charge in [0.15, 0.2) is 0 Å². The number of carbonyl (C=O) groups is 1. The summed E-state index contributed by atoms with van der Waals surface area (Å²) < 4.78 is 4.89. The lowest BCUT2D eigenvalue weighted by Gasteiger charge is -2.21. The monoisotopic (exact) mass is 261 g/mol. The van der Waals surface area contributed by atoms with Gasteiger partial charge in [0, 0.05) is 6.04 Å². The van der Waals surface area contributed by atoms with Gasteiger partial charge in [-0.05, 0) is 29.4 Å². The Morgan fingerprint density at radius 1 is 1.26 bits per heavy atom. The number of hydrogen-bond donors (Lipinski definition) is 1. The Bertz CT molecular complexity index is 441. The molecule has 0 amide bonds. The van der Waals surface area contributed by atoms with E-state index in [1.165, 1.54) is 12.7 Å². The van der Waals surface area contributed by atoms with Gasteiger partial charge in [0.25, 0.3) is 0 Å². The van der Waals surface area contributed by atoms with Crippen molar-refractivity contribution in [2.45, 2.75) is 51.1 Å². The number of methoxy groups -OCH3 is 1. The first-order valence-corrected chi connectivity index (χ1v) is 6.86. The van der Waals surface area contributed by atoms with Crippen molar-refractivity contribution in [2.75, 3.05) is 7.11 Å². The van der Waals surface area contributed by atoms with Crippen LogP contribution in [0.2, 0.25) is 0 Å². The van der Waals surface area contributed by atoms with Crippen LogP contribution in [0.3, 0.4) is 0 Å². The van der Waals surface area contributed by atoms with E-state index in [0.717, 1.165) is 18.4 Å². The largest absolute Gasteiger partial charge is 0.468 e. The van der Waals surface area contributed by atoms with Crippen molar-refractivity contribution in [2.24, 2.45) is 0 Å². The predicted molar refractivity (Wildman–Crippen MR) is 76.1 cm³/mol. The molecule has 2 rings (SSSR count). The zero-order valence-electron chi connectivity index (χ0n) is 12.2. The van der Waals surface area contributed by atoms with Crippen LogP contribution in [0.1, 0.15) is 50.8 Å². The molecule has 1 aliphatic carbocycles. The van der Waals surface area contributed by atoms with Gasteiger partial charge in [0.1, 0.15) is 6.04 Å². The molecule has 1 fully saturated rings. The van der Waals surface area contributed by atoms with E-state index in [-0.39, 0.29) is 17.4 Å². The molecule has 19 heavy (non-hydrogen) atoms. The fourth-order valence-corrected chi connectivity index (χ4v) is 2.08. The second kappa shape index (κ2) is 5.33. The summed E-state index contributed by atoms with van der Waals surface area (Å²) in [6.45, 7) is 6.55. The highest BCUT2D eigenvalue weighted by Crippen LogP contribution is 2.27. The van der Waals surface area contributed by atoms with Crippen LogP contribution in [0.25, 0.3) is 0 Å². The van der Waals surface area contributed by atoms with E-state index in [1.807, 2.05) is 12.1 Å². The Hall–Kier alpha value is -1.35. The molecule has 0 radical (unpaired) electrons. The summed E-state index contributed by atoms with van der Waals surface area (Å²) in [5.41, 5.74) is 2.38. The first-order chi connectivity index (χ1) is 8.91. The van der Waals surface area contributed by atoms with Gasteiger partial charge in [-0.15, -0.1) is 0 Å². The van der Waals surface area contributed by atoms with E-state index >= 15 is 0 Å². The number of rotatable bonds is 4. The van der Waals surface area contributed by atoms with Gasteiger partial charge in [-0.1, -0.05) is 45.0 Å². The smallest absolute Gasteiger partial charge is 0.327 e. The van der Waals surface area contributed by atoms with Gasteiger partial charge in [0.2, 0.25) is 0 Å². The second-order valence-electron chi connectivity index (χ2n) is 6.27. The molecule has 3 nitrogen and oxygen atoms in total. The Morgan fingerprint density at radius 3 is 2.26 bits per heavy atom. The molecule has 1 atom stereocenters. The van der Waals surface area contributed by atoms with E-state index in [4.69, 9.17) is 4.74 Å². The average molecular weight is 261 g/mol. The Kier molecular flexibility index (Phi) is 3.95. The first-order valence-electron chi connectivity index (χ1n) is 6.86. The predicted octanol–water partition coefficient (Wildman–Crippen LogP) is 2.95. The number of carbonyl (C=O) groups excluding carboxylic acids is 1. The third-order valence-electron chi connectivity index (χ3n) is 3.53. The summed E-state index contributed by atoms with van der Waals surface area (Å²) in [6.07, 6.45) is 2.29. The number of ether oxygens (including phenoxy) is 1. The zero-order valence-corrected chi connectivity index (χ0v) is 12.2. The van der Waals surface area contributed by atoms with E-state index in [1.54, 1.807) is 0 Å². The van der Waals surface area contributed by atoms with Gasteiger partial charge in [-0.3, -0.25) is 5.32 Å². The van der Waals surface area contributed by atoms with Crippen molar-refractivity contribution in [1.82, 2.24) is 5.32 Å². The highest BCUT2D eigenvalue weighted by Gasteiger charge is 2.30. The minimum atomic E-state index is -0.341. The average Bonchev–Trinajstić information content (AvgIpc) is 3.18. The van der Waals surface area contributed by atoms with Crippen molar-refractivity contribution in [3.05, 3.63) is 35.4 Å². The van der Waals surface area contributed by atoms with Crippen LogP contribution in [0.4, 0.5) is 0 Å². The van der Waals surface area contributed by atoms with Crippen molar-refractivity contribution >= 4 is 5.97 Å². The van der Waals surface area contributed by atoms with E-state index in [2.05, 4.69) is 38.2 Å². The molecule has 0 aromatic heterocycles. The van der Waals surface area contributed by atoms with Crippen molar-refractivity contribution in [3.8, 4) is 0 Å². The summed E-state index contributed by atoms with van der Waals surface area (Å²) in [5.74, 6) is -0.213. The maximum atomic E-state index is 11.9. The molecule has 1 unspecified atom stereocenters. The summed E-state index contributed by atoms with van der Waals surface area (Å²) >= 11 is 0. The summed E-state index contributed by atoms with van der Waals surface area (Å²) in [5, 5.41) is 3.34. The fourth-order valence-electron chi connectivity index (χ4n) is 2.08. The van der Waals surface area contributed by atoms with Crippen LogP contribution in [0.15, 0.2) is 24.3 Å². The summed E-state index contributed by atoms with van der Waals surface area (Å²) in [4.78, 5) is 11.9. The van der Waals surface area contributed by atoms with Gasteiger partial charge < -0.3 is 4.74 Å². The highest BCUT2D eigenvalue weighted by atomic mass is 16.5. The van der Waals surface area contributed by atoms with E-state index in [9.17, 15) is 4.79 Å². The quantitative estimate of drug-likeness (QED) is 0.847. The Labute approximate surface area is 115 Å². The van der Waals surface area contributed by atoms with Crippen molar-refractivity contribution < 1.29 is 9.53 Å². The molecule has 0 heterocycles. The van der Waals surface area contributed by atoms with Gasteiger partial charge in [-0.25, -0.2) is 4.79 Å². The van der Waals surface area contributed by atoms with Crippen LogP contribution < -0.4 is 5.32 Å². The van der Waals surface area contributed by atoms with Crippen molar-refractivity contribution in [1.29, 1.82) is 0 Å². The second-order valence-corrected chi connectivity index (χ2v) is 6.27. The van der Waals surface area contributed by atoms with Gasteiger partial charge >= 0.3 is 5.97 Å². The summed E-state index contributed by atoms with van der Waals surface area (Å²) in [6, 6.07) is 8.37. The van der Waals surface area contributed by atoms with Crippen LogP contribution >= 0.6 is 0 Å². The van der Waals surface area contributed by atoms with Crippen LogP contribution in [-0.2, 0) is 14.9 Å². The molecule has 1 saturated carbocycles. The number of benzene rings is 1. The Morgan fingerprint density at radius 2 is 1.84 bits per heavy atom. The molecule has 0 bridgehead atoms. The molecule has 104 valence electrons. The third-order valence-corrected chi connectivity index (χ3v) is 3.53. The minimum Gasteiger partial charge on any atom is -0.468 e. The first kappa shape index (κ1) is 14.1. The van der Waals surface area contributed by atoms with Gasteiger partial charge in [-0.2, -0.15) is 0 Å². The topological polar surface area (TPSA) is 38.3 Å². The molecular formula is C16H23NO2. The minimum absolute atomic E-state index is 0.128. The van der Waals surface area contributed by atoms with Crippen LogP contribution in [0, 0.1) is 0 Å².